The Kier molecular flexibility index (Phi) is 3.43. The maximum absolute atomic E-state index is 10.8. The lowest BCUT2D eigenvalue weighted by Gasteiger charge is -2.31. The number of aliphatic hydroxyl groups is 1. The van der Waals surface area contributed by atoms with Gasteiger partial charge in [0.2, 0.25) is 0 Å². The summed E-state index contributed by atoms with van der Waals surface area (Å²) in [6.45, 7) is 3.74. The Morgan fingerprint density at radius 3 is 2.73 bits per heavy atom. The number of amides is 1. The van der Waals surface area contributed by atoms with Gasteiger partial charge in [-0.05, 0) is 31.8 Å². The van der Waals surface area contributed by atoms with Crippen LogP contribution in [0.4, 0.5) is 4.79 Å². The van der Waals surface area contributed by atoms with E-state index in [0.717, 1.165) is 32.5 Å². The van der Waals surface area contributed by atoms with Crippen molar-refractivity contribution >= 4 is 6.09 Å². The van der Waals surface area contributed by atoms with E-state index in [9.17, 15) is 4.79 Å². The zero-order chi connectivity index (χ0) is 10.7. The number of aliphatic hydroxyl groups excluding tert-OH is 1. The van der Waals surface area contributed by atoms with Gasteiger partial charge >= 0.3 is 6.09 Å². The van der Waals surface area contributed by atoms with Crippen molar-refractivity contribution in [2.24, 2.45) is 5.92 Å². The van der Waals surface area contributed by atoms with E-state index < -0.39 is 0 Å². The average molecular weight is 214 g/mol. The molecule has 0 saturated carbocycles. The second kappa shape index (κ2) is 4.81. The Balaban J connectivity index is 1.70. The van der Waals surface area contributed by atoms with Crippen LogP contribution in [-0.4, -0.2) is 55.0 Å². The molecule has 2 saturated heterocycles. The van der Waals surface area contributed by atoms with Gasteiger partial charge in [0.05, 0.1) is 6.54 Å². The minimum absolute atomic E-state index is 0.00294. The van der Waals surface area contributed by atoms with Crippen LogP contribution in [0.3, 0.4) is 0 Å². The largest absolute Gasteiger partial charge is 0.443 e. The Hall–Kier alpha value is -0.810. The fourth-order valence-electron chi connectivity index (χ4n) is 2.17. The molecule has 1 unspecified atom stereocenters. The predicted octanol–water partition coefficient (Wildman–Crippen LogP) is -0.201. The first kappa shape index (κ1) is 10.7. The zero-order valence-corrected chi connectivity index (χ0v) is 8.82. The van der Waals surface area contributed by atoms with Crippen LogP contribution in [0.5, 0.6) is 0 Å². The van der Waals surface area contributed by atoms with Gasteiger partial charge in [0, 0.05) is 13.2 Å². The quantitative estimate of drug-likeness (QED) is 0.683. The smallest absolute Gasteiger partial charge is 0.407 e. The third kappa shape index (κ3) is 2.82. The topological polar surface area (TPSA) is 61.8 Å². The molecular weight excluding hydrogens is 196 g/mol. The van der Waals surface area contributed by atoms with Crippen molar-refractivity contribution < 1.29 is 14.6 Å². The number of carbonyl (C=O) groups is 1. The number of piperidine rings is 1. The van der Waals surface area contributed by atoms with Gasteiger partial charge in [-0.1, -0.05) is 0 Å². The number of hydrogen-bond donors (Lipinski definition) is 2. The molecule has 2 fully saturated rings. The molecule has 5 heteroatoms. The Morgan fingerprint density at radius 2 is 2.20 bits per heavy atom. The second-order valence-electron chi connectivity index (χ2n) is 4.33. The Bertz CT molecular complexity index is 227. The number of rotatable bonds is 3. The molecule has 0 aromatic carbocycles. The van der Waals surface area contributed by atoms with E-state index in [0.29, 0.717) is 19.1 Å². The molecule has 2 aliphatic rings. The number of nitrogens with one attached hydrogen (secondary N) is 1. The molecule has 0 radical (unpaired) electrons. The molecule has 0 spiro atoms. The predicted molar refractivity (Wildman–Crippen MR) is 54.5 cm³/mol. The first-order valence-corrected chi connectivity index (χ1v) is 5.55. The molecular formula is C10H18N2O3. The standard InChI is InChI=1S/C10H18N2O3/c13-7-8-1-3-12(4-2-8)6-9-5-11-10(14)15-9/h8-9,13H,1-7H2,(H,11,14). The summed E-state index contributed by atoms with van der Waals surface area (Å²) in [5.74, 6) is 0.463. The zero-order valence-electron chi connectivity index (χ0n) is 8.82. The lowest BCUT2D eigenvalue weighted by atomic mass is 9.98. The number of likely N-dealkylation sites (tertiary alicyclic amines) is 1. The van der Waals surface area contributed by atoms with Crippen LogP contribution in [0.25, 0.3) is 0 Å². The van der Waals surface area contributed by atoms with Crippen molar-refractivity contribution in [2.75, 3.05) is 32.8 Å². The molecule has 2 N–H and O–H groups in total. The summed E-state index contributed by atoms with van der Waals surface area (Å²) in [4.78, 5) is 13.1. The minimum atomic E-state index is -0.301. The molecule has 2 aliphatic heterocycles. The highest BCUT2D eigenvalue weighted by Gasteiger charge is 2.26. The summed E-state index contributed by atoms with van der Waals surface area (Å²) in [6.07, 6.45) is 1.79. The summed E-state index contributed by atoms with van der Waals surface area (Å²) in [5.41, 5.74) is 0. The lowest BCUT2D eigenvalue weighted by Crippen LogP contribution is -2.40. The first-order valence-electron chi connectivity index (χ1n) is 5.55. The third-order valence-electron chi connectivity index (χ3n) is 3.17. The summed E-state index contributed by atoms with van der Waals surface area (Å²) >= 11 is 0. The van der Waals surface area contributed by atoms with Crippen LogP contribution >= 0.6 is 0 Å². The minimum Gasteiger partial charge on any atom is -0.443 e. The molecule has 0 aromatic heterocycles. The van der Waals surface area contributed by atoms with Crippen molar-refractivity contribution in [3.63, 3.8) is 0 Å². The molecule has 2 rings (SSSR count). The number of hydrogen-bond acceptors (Lipinski definition) is 4. The number of alkyl carbamates (subject to hydrolysis) is 1. The van der Waals surface area contributed by atoms with Gasteiger partial charge in [0.25, 0.3) is 0 Å². The fourth-order valence-corrected chi connectivity index (χ4v) is 2.17. The van der Waals surface area contributed by atoms with Crippen LogP contribution in [0, 0.1) is 5.92 Å². The van der Waals surface area contributed by atoms with E-state index in [1.807, 2.05) is 0 Å². The highest BCUT2D eigenvalue weighted by atomic mass is 16.6. The number of nitrogens with zero attached hydrogens (tertiary/aromatic N) is 1. The van der Waals surface area contributed by atoms with E-state index in [2.05, 4.69) is 10.2 Å². The summed E-state index contributed by atoms with van der Waals surface area (Å²) in [6, 6.07) is 0. The first-order chi connectivity index (χ1) is 7.28. The van der Waals surface area contributed by atoms with E-state index in [4.69, 9.17) is 9.84 Å². The van der Waals surface area contributed by atoms with Crippen LogP contribution in [0.15, 0.2) is 0 Å². The van der Waals surface area contributed by atoms with Gasteiger partial charge in [-0.3, -0.25) is 4.90 Å². The maximum Gasteiger partial charge on any atom is 0.407 e. The molecule has 86 valence electrons. The van der Waals surface area contributed by atoms with Crippen molar-refractivity contribution in [3.05, 3.63) is 0 Å². The summed E-state index contributed by atoms with van der Waals surface area (Å²) in [7, 11) is 0. The molecule has 0 aliphatic carbocycles. The Labute approximate surface area is 89.4 Å². The number of carbonyl (C=O) groups excluding carboxylic acids is 1. The van der Waals surface area contributed by atoms with E-state index in [-0.39, 0.29) is 12.2 Å². The highest BCUT2D eigenvalue weighted by molar-refractivity contribution is 5.69. The third-order valence-corrected chi connectivity index (χ3v) is 3.17. The molecule has 15 heavy (non-hydrogen) atoms. The fraction of sp³-hybridized carbons (Fsp3) is 0.900. The molecule has 1 atom stereocenters. The van der Waals surface area contributed by atoms with Crippen molar-refractivity contribution in [1.82, 2.24) is 10.2 Å². The summed E-state index contributed by atoms with van der Waals surface area (Å²) < 4.78 is 5.08. The van der Waals surface area contributed by atoms with E-state index in [1.54, 1.807) is 0 Å². The van der Waals surface area contributed by atoms with Crippen molar-refractivity contribution in [2.45, 2.75) is 18.9 Å². The molecule has 0 bridgehead atoms. The van der Waals surface area contributed by atoms with Gasteiger partial charge < -0.3 is 15.2 Å². The maximum atomic E-state index is 10.8. The van der Waals surface area contributed by atoms with Gasteiger partial charge in [-0.15, -0.1) is 0 Å². The lowest BCUT2D eigenvalue weighted by molar-refractivity contribution is 0.0802. The normalized spacial score (nSPS) is 28.9. The van der Waals surface area contributed by atoms with Crippen LogP contribution < -0.4 is 5.32 Å². The second-order valence-corrected chi connectivity index (χ2v) is 4.33. The molecule has 1 amide bonds. The van der Waals surface area contributed by atoms with Gasteiger partial charge in [-0.25, -0.2) is 4.79 Å². The number of cyclic esters (lactones) is 1. The Morgan fingerprint density at radius 1 is 1.47 bits per heavy atom. The van der Waals surface area contributed by atoms with E-state index >= 15 is 0 Å². The SMILES string of the molecule is O=C1NCC(CN2CCC(CO)CC2)O1. The number of ether oxygens (including phenoxy) is 1. The van der Waals surface area contributed by atoms with Crippen molar-refractivity contribution in [1.29, 1.82) is 0 Å². The van der Waals surface area contributed by atoms with E-state index in [1.165, 1.54) is 0 Å². The highest BCUT2D eigenvalue weighted by Crippen LogP contribution is 2.17. The monoisotopic (exact) mass is 214 g/mol. The van der Waals surface area contributed by atoms with Crippen molar-refractivity contribution in [3.8, 4) is 0 Å². The van der Waals surface area contributed by atoms with Crippen LogP contribution in [0.1, 0.15) is 12.8 Å². The van der Waals surface area contributed by atoms with Crippen LogP contribution in [0.2, 0.25) is 0 Å². The van der Waals surface area contributed by atoms with Gasteiger partial charge in [0.15, 0.2) is 0 Å². The molecule has 0 aromatic rings. The molecule has 2 heterocycles. The van der Waals surface area contributed by atoms with Crippen LogP contribution in [-0.2, 0) is 4.74 Å². The van der Waals surface area contributed by atoms with Gasteiger partial charge in [0.1, 0.15) is 6.10 Å². The molecule has 5 nitrogen and oxygen atoms in total. The van der Waals surface area contributed by atoms with Gasteiger partial charge in [-0.2, -0.15) is 0 Å². The summed E-state index contributed by atoms with van der Waals surface area (Å²) in [5, 5.41) is 11.6. The average Bonchev–Trinajstić information content (AvgIpc) is 2.65.